The lowest BCUT2D eigenvalue weighted by atomic mass is 9.96. The highest BCUT2D eigenvalue weighted by Gasteiger charge is 2.19. The van der Waals surface area contributed by atoms with Crippen LogP contribution in [-0.4, -0.2) is 15.0 Å². The second kappa shape index (κ2) is 11.9. The van der Waals surface area contributed by atoms with E-state index in [1.807, 2.05) is 36.4 Å². The van der Waals surface area contributed by atoms with Crippen molar-refractivity contribution in [2.45, 2.75) is 0 Å². The number of hydrogen-bond donors (Lipinski definition) is 0. The first-order valence-electron chi connectivity index (χ1n) is 17.1. The van der Waals surface area contributed by atoms with E-state index in [1.54, 1.807) is 0 Å². The topological polar surface area (TPSA) is 51.8 Å². The maximum atomic E-state index is 6.60. The van der Waals surface area contributed by atoms with Crippen LogP contribution >= 0.6 is 0 Å². The van der Waals surface area contributed by atoms with Crippen molar-refractivity contribution in [3.05, 3.63) is 176 Å². The molecule has 2 heterocycles. The van der Waals surface area contributed by atoms with Crippen LogP contribution in [-0.2, 0) is 0 Å². The molecule has 0 saturated carbocycles. The zero-order chi connectivity index (χ0) is 33.7. The average molecular weight is 652 g/mol. The summed E-state index contributed by atoms with van der Waals surface area (Å²) in [5.41, 5.74) is 9.02. The largest absolute Gasteiger partial charge is 0.456 e. The highest BCUT2D eigenvalue weighted by molar-refractivity contribution is 6.22. The van der Waals surface area contributed by atoms with Crippen LogP contribution in [0, 0.1) is 0 Å². The highest BCUT2D eigenvalue weighted by Crippen LogP contribution is 2.41. The van der Waals surface area contributed by atoms with E-state index in [0.29, 0.717) is 17.5 Å². The van der Waals surface area contributed by atoms with Gasteiger partial charge in [-0.3, -0.25) is 0 Å². The summed E-state index contributed by atoms with van der Waals surface area (Å²) in [4.78, 5) is 15.2. The summed E-state index contributed by atoms with van der Waals surface area (Å²) >= 11 is 0. The van der Waals surface area contributed by atoms with Crippen LogP contribution in [0.15, 0.2) is 180 Å². The van der Waals surface area contributed by atoms with Crippen molar-refractivity contribution in [3.8, 4) is 56.4 Å². The molecule has 0 radical (unpaired) electrons. The van der Waals surface area contributed by atoms with Crippen LogP contribution in [0.2, 0.25) is 0 Å². The van der Waals surface area contributed by atoms with Crippen LogP contribution in [0.25, 0.3) is 99.9 Å². The van der Waals surface area contributed by atoms with Gasteiger partial charge >= 0.3 is 0 Å². The molecule has 0 aliphatic carbocycles. The lowest BCUT2D eigenvalue weighted by molar-refractivity contribution is 0.669. The van der Waals surface area contributed by atoms with E-state index in [4.69, 9.17) is 19.4 Å². The molecule has 10 aromatic rings. The Labute approximate surface area is 294 Å². The van der Waals surface area contributed by atoms with Crippen molar-refractivity contribution in [1.82, 2.24) is 15.0 Å². The summed E-state index contributed by atoms with van der Waals surface area (Å²) in [6.45, 7) is 0. The zero-order valence-corrected chi connectivity index (χ0v) is 27.5. The number of nitrogens with zero attached hydrogens (tertiary/aromatic N) is 3. The van der Waals surface area contributed by atoms with Gasteiger partial charge in [-0.1, -0.05) is 152 Å². The van der Waals surface area contributed by atoms with Gasteiger partial charge in [-0.25, -0.2) is 15.0 Å². The molecule has 0 atom stereocenters. The van der Waals surface area contributed by atoms with Gasteiger partial charge in [-0.05, 0) is 68.1 Å². The highest BCUT2D eigenvalue weighted by atomic mass is 16.3. The number of fused-ring (bicyclic) bond motifs is 6. The molecule has 10 rings (SSSR count). The minimum absolute atomic E-state index is 0.599. The normalized spacial score (nSPS) is 11.5. The molecule has 0 aliphatic rings. The Morgan fingerprint density at radius 1 is 0.314 bits per heavy atom. The van der Waals surface area contributed by atoms with Crippen LogP contribution < -0.4 is 0 Å². The van der Waals surface area contributed by atoms with Crippen LogP contribution in [0.4, 0.5) is 0 Å². The van der Waals surface area contributed by atoms with E-state index in [2.05, 4.69) is 140 Å². The third-order valence-corrected chi connectivity index (χ3v) is 9.72. The fraction of sp³-hybridized carbons (Fsp3) is 0. The van der Waals surface area contributed by atoms with Crippen molar-refractivity contribution in [2.24, 2.45) is 0 Å². The summed E-state index contributed by atoms with van der Waals surface area (Å²) in [6, 6.07) is 61.1. The molecule has 4 heteroatoms. The Balaban J connectivity index is 1.15. The Bertz CT molecular complexity index is 2900. The predicted octanol–water partition coefficient (Wildman–Crippen LogP) is 12.4. The van der Waals surface area contributed by atoms with Crippen LogP contribution in [0.3, 0.4) is 0 Å². The monoisotopic (exact) mass is 651 g/mol. The smallest absolute Gasteiger partial charge is 0.164 e. The lowest BCUT2D eigenvalue weighted by Crippen LogP contribution is -2.00. The summed E-state index contributed by atoms with van der Waals surface area (Å²) in [7, 11) is 0. The Kier molecular flexibility index (Phi) is 6.78. The van der Waals surface area contributed by atoms with Gasteiger partial charge in [-0.2, -0.15) is 0 Å². The number of aromatic nitrogens is 3. The fourth-order valence-corrected chi connectivity index (χ4v) is 7.16. The van der Waals surface area contributed by atoms with Gasteiger partial charge < -0.3 is 4.42 Å². The summed E-state index contributed by atoms with van der Waals surface area (Å²) < 4.78 is 6.60. The maximum absolute atomic E-state index is 6.60. The first kappa shape index (κ1) is 29.0. The van der Waals surface area contributed by atoms with Crippen LogP contribution in [0.1, 0.15) is 0 Å². The number of benzene rings is 8. The minimum atomic E-state index is 0.599. The molecule has 0 fully saturated rings. The Morgan fingerprint density at radius 2 is 0.843 bits per heavy atom. The molecular formula is C47H29N3O. The molecule has 0 bridgehead atoms. The van der Waals surface area contributed by atoms with E-state index in [-0.39, 0.29) is 0 Å². The van der Waals surface area contributed by atoms with E-state index in [9.17, 15) is 0 Å². The van der Waals surface area contributed by atoms with Crippen molar-refractivity contribution in [1.29, 1.82) is 0 Å². The molecule has 0 saturated heterocycles. The molecule has 0 amide bonds. The molecule has 4 nitrogen and oxygen atoms in total. The SMILES string of the molecule is c1ccc(-c2ccc(-c3nc(-c4ccccc4)nc(-c4cc5oc6ccc(-c7ccc8ccccc8c7)cc6c5c5ccccc45)n3)cc2)cc1. The molecular weight excluding hydrogens is 623 g/mol. The van der Waals surface area contributed by atoms with Crippen molar-refractivity contribution >= 4 is 43.5 Å². The number of rotatable bonds is 5. The second-order valence-electron chi connectivity index (χ2n) is 12.8. The lowest BCUT2D eigenvalue weighted by Gasteiger charge is -2.11. The molecule has 0 unspecified atom stereocenters. The quantitative estimate of drug-likeness (QED) is 0.186. The first-order chi connectivity index (χ1) is 25.2. The summed E-state index contributed by atoms with van der Waals surface area (Å²) in [6.07, 6.45) is 0. The third kappa shape index (κ3) is 5.13. The van der Waals surface area contributed by atoms with Gasteiger partial charge in [0.25, 0.3) is 0 Å². The first-order valence-corrected chi connectivity index (χ1v) is 17.1. The molecule has 0 spiro atoms. The zero-order valence-electron chi connectivity index (χ0n) is 27.5. The molecule has 51 heavy (non-hydrogen) atoms. The van der Waals surface area contributed by atoms with Gasteiger partial charge in [0.05, 0.1) is 0 Å². The van der Waals surface area contributed by atoms with Crippen molar-refractivity contribution in [3.63, 3.8) is 0 Å². The van der Waals surface area contributed by atoms with E-state index < -0.39 is 0 Å². The van der Waals surface area contributed by atoms with Gasteiger partial charge in [0.15, 0.2) is 17.5 Å². The van der Waals surface area contributed by atoms with Crippen LogP contribution in [0.5, 0.6) is 0 Å². The molecule has 2 aromatic heterocycles. The van der Waals surface area contributed by atoms with Gasteiger partial charge in [0, 0.05) is 27.5 Å². The van der Waals surface area contributed by atoms with Gasteiger partial charge in [0.1, 0.15) is 11.2 Å². The predicted molar refractivity (Wildman–Crippen MR) is 209 cm³/mol. The van der Waals surface area contributed by atoms with Gasteiger partial charge in [0.2, 0.25) is 0 Å². The van der Waals surface area contributed by atoms with E-state index in [1.165, 1.54) is 21.9 Å². The third-order valence-electron chi connectivity index (χ3n) is 9.72. The molecule has 0 aliphatic heterocycles. The maximum Gasteiger partial charge on any atom is 0.164 e. The molecule has 238 valence electrons. The Morgan fingerprint density at radius 3 is 1.61 bits per heavy atom. The molecule has 8 aromatic carbocycles. The number of hydrogen-bond acceptors (Lipinski definition) is 4. The van der Waals surface area contributed by atoms with E-state index >= 15 is 0 Å². The van der Waals surface area contributed by atoms with E-state index in [0.717, 1.165) is 60.5 Å². The summed E-state index contributed by atoms with van der Waals surface area (Å²) in [5, 5.41) is 6.77. The van der Waals surface area contributed by atoms with Gasteiger partial charge in [-0.15, -0.1) is 0 Å². The van der Waals surface area contributed by atoms with Crippen molar-refractivity contribution < 1.29 is 4.42 Å². The average Bonchev–Trinajstić information content (AvgIpc) is 3.59. The fourth-order valence-electron chi connectivity index (χ4n) is 7.16. The number of furan rings is 1. The standard InChI is InChI=1S/C47H29N3O/c1-3-11-30(12-4-1)32-19-22-34(23-20-32)46-48-45(33-14-5-2-6-15-33)49-47(50-46)40-29-43-44(39-18-10-9-17-38(39)40)41-28-37(25-26-42(41)51-43)36-24-21-31-13-7-8-16-35(31)27-36/h1-29H. The molecule has 0 N–H and O–H groups in total. The summed E-state index contributed by atoms with van der Waals surface area (Å²) in [5.74, 6) is 1.84. The van der Waals surface area contributed by atoms with Crippen molar-refractivity contribution in [2.75, 3.05) is 0 Å². The minimum Gasteiger partial charge on any atom is -0.456 e. The Hall–Kier alpha value is -6.91. The second-order valence-corrected chi connectivity index (χ2v) is 12.8.